The van der Waals surface area contributed by atoms with Gasteiger partial charge in [-0.1, -0.05) is 19.3 Å². The number of nitrogens with zero attached hydrogens (tertiary/aromatic N) is 2. The summed E-state index contributed by atoms with van der Waals surface area (Å²) in [4.78, 5) is 6.34. The Bertz CT molecular complexity index is 364. The zero-order chi connectivity index (χ0) is 12.8. The summed E-state index contributed by atoms with van der Waals surface area (Å²) in [6.07, 6.45) is 8.59. The van der Waals surface area contributed by atoms with Gasteiger partial charge in [-0.05, 0) is 37.9 Å². The van der Waals surface area contributed by atoms with Crippen LogP contribution in [-0.2, 0) is 0 Å². The van der Waals surface area contributed by atoms with Crippen molar-refractivity contribution in [2.24, 2.45) is 5.73 Å². The third-order valence-corrected chi connectivity index (χ3v) is 3.63. The molecule has 0 bridgehead atoms. The standard InChI is InChI=1S/C14H22FN3/c15-13-8-4-10-17-14(13)18(11-5-9-16)12-6-2-1-3-7-12/h4,8,10,12H,1-3,5-7,9,11,16H2. The zero-order valence-corrected chi connectivity index (χ0v) is 10.8. The van der Waals surface area contributed by atoms with Gasteiger partial charge in [0.2, 0.25) is 0 Å². The summed E-state index contributed by atoms with van der Waals surface area (Å²) in [7, 11) is 0. The Morgan fingerprint density at radius 1 is 1.33 bits per heavy atom. The quantitative estimate of drug-likeness (QED) is 0.875. The maximum Gasteiger partial charge on any atom is 0.165 e. The molecule has 0 aromatic carbocycles. The molecular weight excluding hydrogens is 229 g/mol. The largest absolute Gasteiger partial charge is 0.351 e. The van der Waals surface area contributed by atoms with E-state index in [-0.39, 0.29) is 5.82 Å². The Kier molecular flexibility index (Phi) is 4.93. The van der Waals surface area contributed by atoms with Gasteiger partial charge < -0.3 is 10.6 Å². The van der Waals surface area contributed by atoms with E-state index in [2.05, 4.69) is 9.88 Å². The van der Waals surface area contributed by atoms with Crippen LogP contribution in [0.5, 0.6) is 0 Å². The molecule has 3 nitrogen and oxygen atoms in total. The van der Waals surface area contributed by atoms with Crippen molar-refractivity contribution in [1.29, 1.82) is 0 Å². The number of rotatable bonds is 5. The molecule has 0 amide bonds. The zero-order valence-electron chi connectivity index (χ0n) is 10.8. The van der Waals surface area contributed by atoms with Gasteiger partial charge in [-0.25, -0.2) is 9.37 Å². The van der Waals surface area contributed by atoms with Gasteiger partial charge in [0.15, 0.2) is 11.6 Å². The molecule has 2 rings (SSSR count). The summed E-state index contributed by atoms with van der Waals surface area (Å²) in [5.74, 6) is 0.276. The first-order valence-electron chi connectivity index (χ1n) is 6.90. The molecule has 0 aliphatic heterocycles. The van der Waals surface area contributed by atoms with E-state index >= 15 is 0 Å². The lowest BCUT2D eigenvalue weighted by molar-refractivity contribution is 0.407. The highest BCUT2D eigenvalue weighted by atomic mass is 19.1. The van der Waals surface area contributed by atoms with Crippen LogP contribution in [0, 0.1) is 5.82 Å². The Morgan fingerprint density at radius 3 is 2.78 bits per heavy atom. The monoisotopic (exact) mass is 251 g/mol. The van der Waals surface area contributed by atoms with Crippen molar-refractivity contribution in [3.05, 3.63) is 24.1 Å². The number of anilines is 1. The second-order valence-electron chi connectivity index (χ2n) is 4.94. The Labute approximate surface area is 108 Å². The first kappa shape index (κ1) is 13.3. The molecule has 0 saturated heterocycles. The summed E-state index contributed by atoms with van der Waals surface area (Å²) < 4.78 is 13.9. The molecule has 2 N–H and O–H groups in total. The van der Waals surface area contributed by atoms with Crippen molar-refractivity contribution in [2.45, 2.75) is 44.6 Å². The van der Waals surface area contributed by atoms with Crippen LogP contribution in [0.25, 0.3) is 0 Å². The predicted molar refractivity (Wildman–Crippen MR) is 72.1 cm³/mol. The number of nitrogens with two attached hydrogens (primary N) is 1. The molecule has 1 fully saturated rings. The summed E-state index contributed by atoms with van der Waals surface area (Å²) in [6.45, 7) is 1.44. The SMILES string of the molecule is NCCCN(c1ncccc1F)C1CCCCC1. The lowest BCUT2D eigenvalue weighted by Gasteiger charge is -2.35. The molecule has 0 atom stereocenters. The van der Waals surface area contributed by atoms with Crippen molar-refractivity contribution in [3.8, 4) is 0 Å². The van der Waals surface area contributed by atoms with Gasteiger partial charge in [0.05, 0.1) is 0 Å². The molecule has 0 spiro atoms. The van der Waals surface area contributed by atoms with E-state index in [1.165, 1.54) is 25.3 Å². The fourth-order valence-electron chi connectivity index (χ4n) is 2.70. The minimum atomic E-state index is -0.222. The summed E-state index contributed by atoms with van der Waals surface area (Å²) in [6, 6.07) is 3.55. The lowest BCUT2D eigenvalue weighted by atomic mass is 9.94. The van der Waals surface area contributed by atoms with Gasteiger partial charge in [0.25, 0.3) is 0 Å². The lowest BCUT2D eigenvalue weighted by Crippen LogP contribution is -2.39. The fourth-order valence-corrected chi connectivity index (χ4v) is 2.70. The molecule has 0 radical (unpaired) electrons. The van der Waals surface area contributed by atoms with Crippen LogP contribution in [0.4, 0.5) is 10.2 Å². The van der Waals surface area contributed by atoms with Crippen LogP contribution in [0.15, 0.2) is 18.3 Å². The van der Waals surface area contributed by atoms with Gasteiger partial charge in [-0.2, -0.15) is 0 Å². The van der Waals surface area contributed by atoms with Crippen molar-refractivity contribution in [2.75, 3.05) is 18.0 Å². The maximum atomic E-state index is 13.9. The van der Waals surface area contributed by atoms with Crippen LogP contribution in [0.3, 0.4) is 0 Å². The van der Waals surface area contributed by atoms with E-state index in [1.807, 2.05) is 0 Å². The molecular formula is C14H22FN3. The molecule has 1 aliphatic carbocycles. The fraction of sp³-hybridized carbons (Fsp3) is 0.643. The molecule has 1 aromatic heterocycles. The first-order valence-corrected chi connectivity index (χ1v) is 6.90. The first-order chi connectivity index (χ1) is 8.83. The van der Waals surface area contributed by atoms with Crippen LogP contribution in [-0.4, -0.2) is 24.1 Å². The molecule has 0 unspecified atom stereocenters. The topological polar surface area (TPSA) is 42.1 Å². The highest BCUT2D eigenvalue weighted by molar-refractivity contribution is 5.41. The third kappa shape index (κ3) is 3.19. The molecule has 1 heterocycles. The van der Waals surface area contributed by atoms with Crippen molar-refractivity contribution in [1.82, 2.24) is 4.98 Å². The van der Waals surface area contributed by atoms with Crippen LogP contribution < -0.4 is 10.6 Å². The van der Waals surface area contributed by atoms with Gasteiger partial charge in [-0.3, -0.25) is 0 Å². The number of pyridine rings is 1. The maximum absolute atomic E-state index is 13.9. The molecule has 18 heavy (non-hydrogen) atoms. The van der Waals surface area contributed by atoms with Crippen molar-refractivity contribution >= 4 is 5.82 Å². The highest BCUT2D eigenvalue weighted by Gasteiger charge is 2.23. The van der Waals surface area contributed by atoms with E-state index < -0.39 is 0 Å². The van der Waals surface area contributed by atoms with Gasteiger partial charge in [0.1, 0.15) is 0 Å². The van der Waals surface area contributed by atoms with Crippen molar-refractivity contribution in [3.63, 3.8) is 0 Å². The average molecular weight is 251 g/mol. The van der Waals surface area contributed by atoms with Gasteiger partial charge >= 0.3 is 0 Å². The van der Waals surface area contributed by atoms with E-state index in [0.29, 0.717) is 18.4 Å². The highest BCUT2D eigenvalue weighted by Crippen LogP contribution is 2.27. The summed E-state index contributed by atoms with van der Waals surface area (Å²) in [5.41, 5.74) is 5.58. The number of hydrogen-bond donors (Lipinski definition) is 1. The number of aromatic nitrogens is 1. The molecule has 100 valence electrons. The van der Waals surface area contributed by atoms with E-state index in [4.69, 9.17) is 5.73 Å². The van der Waals surface area contributed by atoms with Gasteiger partial charge in [0, 0.05) is 18.8 Å². The Morgan fingerprint density at radius 2 is 2.11 bits per heavy atom. The second kappa shape index (κ2) is 6.69. The molecule has 1 aliphatic rings. The summed E-state index contributed by atoms with van der Waals surface area (Å²) >= 11 is 0. The summed E-state index contributed by atoms with van der Waals surface area (Å²) in [5, 5.41) is 0. The predicted octanol–water partition coefficient (Wildman–Crippen LogP) is 2.71. The normalized spacial score (nSPS) is 16.8. The minimum Gasteiger partial charge on any atom is -0.351 e. The smallest absolute Gasteiger partial charge is 0.165 e. The van der Waals surface area contributed by atoms with Crippen LogP contribution in [0.2, 0.25) is 0 Å². The molecule has 1 saturated carbocycles. The third-order valence-electron chi connectivity index (χ3n) is 3.63. The van der Waals surface area contributed by atoms with E-state index in [0.717, 1.165) is 25.8 Å². The minimum absolute atomic E-state index is 0.222. The van der Waals surface area contributed by atoms with E-state index in [1.54, 1.807) is 12.3 Å². The van der Waals surface area contributed by atoms with E-state index in [9.17, 15) is 4.39 Å². The number of halogens is 1. The van der Waals surface area contributed by atoms with Crippen LogP contribution in [0.1, 0.15) is 38.5 Å². The van der Waals surface area contributed by atoms with Crippen molar-refractivity contribution < 1.29 is 4.39 Å². The van der Waals surface area contributed by atoms with Gasteiger partial charge in [-0.15, -0.1) is 0 Å². The Hall–Kier alpha value is -1.16. The second-order valence-corrected chi connectivity index (χ2v) is 4.94. The molecule has 4 heteroatoms. The number of hydrogen-bond acceptors (Lipinski definition) is 3. The Balaban J connectivity index is 2.15. The average Bonchev–Trinajstić information content (AvgIpc) is 2.42. The van der Waals surface area contributed by atoms with Crippen LogP contribution >= 0.6 is 0 Å². The molecule has 1 aromatic rings.